The van der Waals surface area contributed by atoms with E-state index in [9.17, 15) is 9.59 Å². The van der Waals surface area contributed by atoms with Gasteiger partial charge >= 0.3 is 6.09 Å². The topological polar surface area (TPSA) is 75.6 Å². The number of amides is 1. The minimum absolute atomic E-state index is 0.0625. The van der Waals surface area contributed by atoms with Crippen molar-refractivity contribution in [2.24, 2.45) is 0 Å². The van der Waals surface area contributed by atoms with Crippen LogP contribution in [-0.4, -0.2) is 29.8 Å². The van der Waals surface area contributed by atoms with Gasteiger partial charge in [0.2, 0.25) is 0 Å². The lowest BCUT2D eigenvalue weighted by Gasteiger charge is -2.09. The summed E-state index contributed by atoms with van der Waals surface area (Å²) in [6.45, 7) is 0.411. The summed E-state index contributed by atoms with van der Waals surface area (Å²) in [5, 5.41) is 10.7. The third kappa shape index (κ3) is 2.41. The van der Waals surface area contributed by atoms with Gasteiger partial charge in [-0.3, -0.25) is 4.79 Å². The van der Waals surface area contributed by atoms with Gasteiger partial charge in [0.1, 0.15) is 6.10 Å². The highest BCUT2D eigenvalue weighted by molar-refractivity contribution is 5.64. The van der Waals surface area contributed by atoms with E-state index in [2.05, 4.69) is 5.32 Å². The molecule has 1 amide bonds. The molecule has 1 rings (SSSR count). The highest BCUT2D eigenvalue weighted by atomic mass is 16.5. The molecule has 0 radical (unpaired) electrons. The van der Waals surface area contributed by atoms with Crippen LogP contribution in [0.15, 0.2) is 0 Å². The molecule has 0 saturated heterocycles. The first kappa shape index (κ1) is 8.83. The molecule has 1 aliphatic rings. The summed E-state index contributed by atoms with van der Waals surface area (Å²) in [7, 11) is 0. The van der Waals surface area contributed by atoms with Crippen molar-refractivity contribution in [3.8, 4) is 0 Å². The minimum atomic E-state index is -1.02. The normalized spacial score (nSPS) is 28.0. The Balaban J connectivity index is 2.25. The van der Waals surface area contributed by atoms with Gasteiger partial charge in [-0.05, 0) is 12.8 Å². The van der Waals surface area contributed by atoms with E-state index in [4.69, 9.17) is 9.84 Å². The molecule has 1 saturated carbocycles. The predicted octanol–water partition coefficient (Wildman–Crippen LogP) is 0.348. The predicted molar refractivity (Wildman–Crippen MR) is 39.7 cm³/mol. The molecule has 68 valence electrons. The number of rotatable bonds is 3. The van der Waals surface area contributed by atoms with E-state index in [0.29, 0.717) is 12.9 Å². The van der Waals surface area contributed by atoms with E-state index in [1.54, 1.807) is 0 Å². The number of carboxylic acid groups (broad SMARTS) is 1. The third-order valence-corrected chi connectivity index (χ3v) is 1.96. The molecule has 2 atom stereocenters. The highest BCUT2D eigenvalue weighted by Gasteiger charge is 2.26. The van der Waals surface area contributed by atoms with Crippen molar-refractivity contribution in [2.75, 3.05) is 0 Å². The van der Waals surface area contributed by atoms with Crippen LogP contribution in [0.5, 0.6) is 0 Å². The Morgan fingerprint density at radius 2 is 2.33 bits per heavy atom. The van der Waals surface area contributed by atoms with E-state index in [1.165, 1.54) is 0 Å². The molecule has 0 heterocycles. The molecule has 0 aromatic rings. The zero-order valence-electron chi connectivity index (χ0n) is 6.53. The molecule has 0 aromatic carbocycles. The van der Waals surface area contributed by atoms with Gasteiger partial charge in [-0.25, -0.2) is 4.79 Å². The molecule has 1 fully saturated rings. The summed E-state index contributed by atoms with van der Waals surface area (Å²) < 4.78 is 4.70. The Morgan fingerprint density at radius 3 is 2.92 bits per heavy atom. The van der Waals surface area contributed by atoms with Gasteiger partial charge in [0.15, 0.2) is 0 Å². The number of nitrogens with one attached hydrogen (secondary N) is 1. The van der Waals surface area contributed by atoms with Gasteiger partial charge in [0.05, 0.1) is 0 Å². The van der Waals surface area contributed by atoms with Crippen molar-refractivity contribution in [2.45, 2.75) is 31.4 Å². The average molecular weight is 173 g/mol. The Kier molecular flexibility index (Phi) is 2.90. The Labute approximate surface area is 69.7 Å². The van der Waals surface area contributed by atoms with Crippen molar-refractivity contribution >= 4 is 12.6 Å². The fourth-order valence-electron chi connectivity index (χ4n) is 1.45. The van der Waals surface area contributed by atoms with Crippen LogP contribution in [0.4, 0.5) is 4.79 Å². The zero-order valence-corrected chi connectivity index (χ0v) is 6.53. The molecule has 2 N–H and O–H groups in total. The number of ether oxygens (including phenoxy) is 1. The Hall–Kier alpha value is -1.26. The largest absolute Gasteiger partial charge is 0.465 e. The van der Waals surface area contributed by atoms with E-state index in [0.717, 1.165) is 12.8 Å². The SMILES string of the molecule is O=COC1CC[C@H](NC(=O)O)C1. The maximum Gasteiger partial charge on any atom is 0.404 e. The van der Waals surface area contributed by atoms with Crippen LogP contribution in [0.1, 0.15) is 19.3 Å². The molecule has 0 bridgehead atoms. The second-order valence-corrected chi connectivity index (χ2v) is 2.81. The van der Waals surface area contributed by atoms with Crippen LogP contribution in [-0.2, 0) is 9.53 Å². The van der Waals surface area contributed by atoms with E-state index >= 15 is 0 Å². The standard InChI is InChI=1S/C7H11NO4/c9-4-12-6-2-1-5(3-6)8-7(10)11/h4-6,8H,1-3H2,(H,10,11)/t5-,6?/m0/s1. The summed E-state index contributed by atoms with van der Waals surface area (Å²) in [6, 6.07) is -0.0625. The van der Waals surface area contributed by atoms with Gasteiger partial charge in [-0.2, -0.15) is 0 Å². The lowest BCUT2D eigenvalue weighted by molar-refractivity contribution is -0.133. The third-order valence-electron chi connectivity index (χ3n) is 1.96. The lowest BCUT2D eigenvalue weighted by atomic mass is 10.2. The molecule has 0 spiro atoms. The van der Waals surface area contributed by atoms with Crippen LogP contribution in [0.3, 0.4) is 0 Å². The van der Waals surface area contributed by atoms with Crippen molar-refractivity contribution in [3.05, 3.63) is 0 Å². The molecular formula is C7H11NO4. The van der Waals surface area contributed by atoms with Crippen LogP contribution in [0.2, 0.25) is 0 Å². The van der Waals surface area contributed by atoms with Crippen LogP contribution in [0.25, 0.3) is 0 Å². The monoisotopic (exact) mass is 173 g/mol. The summed E-state index contributed by atoms with van der Waals surface area (Å²) in [6.07, 6.45) is 0.936. The van der Waals surface area contributed by atoms with Gasteiger partial charge < -0.3 is 15.2 Å². The lowest BCUT2D eigenvalue weighted by Crippen LogP contribution is -2.31. The fraction of sp³-hybridized carbons (Fsp3) is 0.714. The first-order valence-electron chi connectivity index (χ1n) is 3.81. The quantitative estimate of drug-likeness (QED) is 0.604. The van der Waals surface area contributed by atoms with Crippen LogP contribution in [0, 0.1) is 0 Å². The zero-order chi connectivity index (χ0) is 8.97. The highest BCUT2D eigenvalue weighted by Crippen LogP contribution is 2.21. The van der Waals surface area contributed by atoms with E-state index < -0.39 is 6.09 Å². The summed E-state index contributed by atoms with van der Waals surface area (Å²) in [5.41, 5.74) is 0. The van der Waals surface area contributed by atoms with Crippen molar-refractivity contribution < 1.29 is 19.4 Å². The second-order valence-electron chi connectivity index (χ2n) is 2.81. The van der Waals surface area contributed by atoms with Crippen molar-refractivity contribution in [1.29, 1.82) is 0 Å². The minimum Gasteiger partial charge on any atom is -0.465 e. The Bertz CT molecular complexity index is 182. The first-order valence-corrected chi connectivity index (χ1v) is 3.81. The Morgan fingerprint density at radius 1 is 1.58 bits per heavy atom. The number of carbonyl (C=O) groups excluding carboxylic acids is 1. The van der Waals surface area contributed by atoms with Crippen molar-refractivity contribution in [3.63, 3.8) is 0 Å². The molecule has 1 unspecified atom stereocenters. The molecule has 12 heavy (non-hydrogen) atoms. The summed E-state index contributed by atoms with van der Waals surface area (Å²) in [4.78, 5) is 20.1. The van der Waals surface area contributed by atoms with E-state index in [-0.39, 0.29) is 12.1 Å². The molecule has 0 aliphatic heterocycles. The van der Waals surface area contributed by atoms with Gasteiger partial charge in [-0.1, -0.05) is 0 Å². The maximum absolute atomic E-state index is 10.2. The maximum atomic E-state index is 10.2. The van der Waals surface area contributed by atoms with E-state index in [1.807, 2.05) is 0 Å². The van der Waals surface area contributed by atoms with Gasteiger partial charge in [0, 0.05) is 12.5 Å². The number of hydrogen-bond donors (Lipinski definition) is 2. The molecule has 5 heteroatoms. The summed E-state index contributed by atoms with van der Waals surface area (Å²) in [5.74, 6) is 0. The molecular weight excluding hydrogens is 162 g/mol. The summed E-state index contributed by atoms with van der Waals surface area (Å²) >= 11 is 0. The first-order chi connectivity index (χ1) is 5.72. The van der Waals surface area contributed by atoms with Crippen LogP contribution < -0.4 is 5.32 Å². The number of hydrogen-bond acceptors (Lipinski definition) is 3. The van der Waals surface area contributed by atoms with Crippen LogP contribution >= 0.6 is 0 Å². The van der Waals surface area contributed by atoms with Crippen molar-refractivity contribution in [1.82, 2.24) is 5.32 Å². The average Bonchev–Trinajstić information content (AvgIpc) is 2.36. The smallest absolute Gasteiger partial charge is 0.404 e. The molecule has 1 aliphatic carbocycles. The van der Waals surface area contributed by atoms with Gasteiger partial charge in [0.25, 0.3) is 6.47 Å². The van der Waals surface area contributed by atoms with Gasteiger partial charge in [-0.15, -0.1) is 0 Å². The second kappa shape index (κ2) is 3.94. The number of carbonyl (C=O) groups is 2. The molecule has 0 aromatic heterocycles. The fourth-order valence-corrected chi connectivity index (χ4v) is 1.45. The molecule has 5 nitrogen and oxygen atoms in total.